The summed E-state index contributed by atoms with van der Waals surface area (Å²) in [6.07, 6.45) is 1.61. The van der Waals surface area contributed by atoms with Crippen LogP contribution in [-0.4, -0.2) is 96.4 Å². The molecule has 10 nitrogen and oxygen atoms in total. The average molecular weight is 492 g/mol. The lowest BCUT2D eigenvalue weighted by Gasteiger charge is -2.63. The van der Waals surface area contributed by atoms with Crippen LogP contribution in [0.5, 0.6) is 0 Å². The highest BCUT2D eigenvalue weighted by molar-refractivity contribution is 5.77. The van der Waals surface area contributed by atoms with Crippen LogP contribution >= 0.6 is 0 Å². The van der Waals surface area contributed by atoms with Crippen LogP contribution < -0.4 is 0 Å². The highest BCUT2D eigenvalue weighted by Crippen LogP contribution is 2.56. The number of aromatic nitrogens is 6. The van der Waals surface area contributed by atoms with Crippen LogP contribution in [0.1, 0.15) is 54.9 Å². The fourth-order valence-electron chi connectivity index (χ4n) is 6.51. The topological polar surface area (TPSA) is 99.1 Å². The molecule has 0 aromatic carbocycles. The maximum Gasteiger partial charge on any atom is 0.409 e. The molecule has 5 aliphatic rings. The molecule has 2 aromatic rings. The molecule has 2 saturated carbocycles. The first-order chi connectivity index (χ1) is 16.7. The van der Waals surface area contributed by atoms with E-state index >= 15 is 0 Å². The van der Waals surface area contributed by atoms with Crippen LogP contribution in [0.2, 0.25) is 0 Å². The van der Waals surface area contributed by atoms with Crippen molar-refractivity contribution in [1.29, 1.82) is 0 Å². The summed E-state index contributed by atoms with van der Waals surface area (Å²) in [4.78, 5) is 24.3. The molecule has 0 bridgehead atoms. The van der Waals surface area contributed by atoms with Crippen molar-refractivity contribution in [2.24, 2.45) is 10.8 Å². The van der Waals surface area contributed by atoms with E-state index in [1.807, 2.05) is 9.80 Å². The van der Waals surface area contributed by atoms with Gasteiger partial charge < -0.3 is 9.80 Å². The van der Waals surface area contributed by atoms with E-state index in [1.165, 1.54) is 19.0 Å². The van der Waals surface area contributed by atoms with Crippen LogP contribution in [0.25, 0.3) is 0 Å². The van der Waals surface area contributed by atoms with Crippen LogP contribution in [0.3, 0.4) is 0 Å². The van der Waals surface area contributed by atoms with Crippen molar-refractivity contribution >= 4 is 6.03 Å². The lowest BCUT2D eigenvalue weighted by atomic mass is 9.57. The molecule has 0 radical (unpaired) electrons. The zero-order valence-corrected chi connectivity index (χ0v) is 19.3. The molecule has 2 amide bonds. The summed E-state index contributed by atoms with van der Waals surface area (Å²) in [5, 5.41) is 15.1. The number of alkyl halides is 3. The van der Waals surface area contributed by atoms with E-state index in [0.29, 0.717) is 28.9 Å². The van der Waals surface area contributed by atoms with E-state index < -0.39 is 12.7 Å². The van der Waals surface area contributed by atoms with Gasteiger partial charge in [-0.25, -0.2) is 9.78 Å². The summed E-state index contributed by atoms with van der Waals surface area (Å²) < 4.78 is 37.4. The number of rotatable bonds is 5. The largest absolute Gasteiger partial charge is 0.409 e. The Morgan fingerprint density at radius 2 is 1.71 bits per heavy atom. The van der Waals surface area contributed by atoms with E-state index in [0.717, 1.165) is 63.8 Å². The van der Waals surface area contributed by atoms with Crippen LogP contribution in [0, 0.1) is 10.8 Å². The molecule has 2 aromatic heterocycles. The first-order valence-corrected chi connectivity index (χ1v) is 12.3. The maximum atomic E-state index is 12.9. The molecule has 5 fully saturated rings. The van der Waals surface area contributed by atoms with Gasteiger partial charge in [0.25, 0.3) is 0 Å². The zero-order chi connectivity index (χ0) is 24.0. The molecule has 2 spiro atoms. The Balaban J connectivity index is 0.832. The van der Waals surface area contributed by atoms with E-state index in [2.05, 4.69) is 30.3 Å². The zero-order valence-electron chi connectivity index (χ0n) is 19.3. The smallest absolute Gasteiger partial charge is 0.323 e. The fourth-order valence-corrected chi connectivity index (χ4v) is 6.51. The minimum atomic E-state index is -4.33. The summed E-state index contributed by atoms with van der Waals surface area (Å²) in [7, 11) is 0. The number of halogens is 3. The Labute approximate surface area is 199 Å². The molecule has 1 N–H and O–H groups in total. The summed E-state index contributed by atoms with van der Waals surface area (Å²) in [5.41, 5.74) is 0.912. The van der Waals surface area contributed by atoms with Gasteiger partial charge in [0.2, 0.25) is 0 Å². The number of hydrogen-bond donors (Lipinski definition) is 1. The van der Waals surface area contributed by atoms with Crippen molar-refractivity contribution in [1.82, 2.24) is 44.9 Å². The van der Waals surface area contributed by atoms with E-state index in [4.69, 9.17) is 0 Å². The number of hydrogen-bond acceptors (Lipinski definition) is 6. The number of likely N-dealkylation sites (tertiary alicyclic amines) is 3. The molecule has 35 heavy (non-hydrogen) atoms. The van der Waals surface area contributed by atoms with Gasteiger partial charge in [0.1, 0.15) is 5.82 Å². The average Bonchev–Trinajstić information content (AvgIpc) is 3.24. The lowest BCUT2D eigenvalue weighted by molar-refractivity contribution is -0.145. The molecule has 188 valence electrons. The predicted molar refractivity (Wildman–Crippen MR) is 115 cm³/mol. The lowest BCUT2D eigenvalue weighted by Crippen LogP contribution is -2.75. The van der Waals surface area contributed by atoms with Crippen molar-refractivity contribution in [2.75, 3.05) is 39.3 Å². The standard InChI is InChI=1S/C22H28F3N9O/c23-22(24,25)13-34-26-5-16(30-34)6-31-7-21(8-31)11-33(12-21)19(35)32-9-20(10-32)3-15(4-20)18-27-17(28-29-18)14-1-2-14/h5,14-15H,1-4,6-13H2,(H,27,28,29). The number of H-pyrrole nitrogens is 1. The van der Waals surface area contributed by atoms with Gasteiger partial charge in [0.05, 0.1) is 11.9 Å². The maximum absolute atomic E-state index is 12.9. The molecular formula is C22H28F3N9O. The van der Waals surface area contributed by atoms with Crippen LogP contribution in [0.4, 0.5) is 18.0 Å². The summed E-state index contributed by atoms with van der Waals surface area (Å²) in [6.45, 7) is 4.12. The summed E-state index contributed by atoms with van der Waals surface area (Å²) in [5.74, 6) is 2.99. The Morgan fingerprint density at radius 3 is 2.37 bits per heavy atom. The summed E-state index contributed by atoms with van der Waals surface area (Å²) in [6, 6.07) is 0.133. The molecule has 7 rings (SSSR count). The van der Waals surface area contributed by atoms with Crippen LogP contribution in [0.15, 0.2) is 6.20 Å². The number of aromatic amines is 1. The number of carbonyl (C=O) groups excluding carboxylic acids is 1. The number of urea groups is 1. The first-order valence-electron chi connectivity index (χ1n) is 12.3. The van der Waals surface area contributed by atoms with Gasteiger partial charge in [-0.05, 0) is 25.7 Å². The van der Waals surface area contributed by atoms with Gasteiger partial charge in [0.15, 0.2) is 12.4 Å². The molecule has 2 aliphatic carbocycles. The second-order valence-corrected chi connectivity index (χ2v) is 11.6. The van der Waals surface area contributed by atoms with Crippen LogP contribution in [-0.2, 0) is 13.1 Å². The minimum absolute atomic E-state index is 0.118. The Bertz CT molecular complexity index is 1130. The number of nitrogens with zero attached hydrogens (tertiary/aromatic N) is 8. The molecule has 3 aliphatic heterocycles. The van der Waals surface area contributed by atoms with E-state index in [1.54, 1.807) is 0 Å². The number of amides is 2. The van der Waals surface area contributed by atoms with Crippen molar-refractivity contribution in [3.63, 3.8) is 0 Å². The molecule has 13 heteroatoms. The first kappa shape index (κ1) is 21.6. The monoisotopic (exact) mass is 491 g/mol. The normalized spacial score (nSPS) is 25.3. The summed E-state index contributed by atoms with van der Waals surface area (Å²) >= 11 is 0. The quantitative estimate of drug-likeness (QED) is 0.687. The van der Waals surface area contributed by atoms with Crippen molar-refractivity contribution in [2.45, 2.75) is 56.8 Å². The predicted octanol–water partition coefficient (Wildman–Crippen LogP) is 1.95. The van der Waals surface area contributed by atoms with Crippen molar-refractivity contribution in [3.05, 3.63) is 23.5 Å². The second-order valence-electron chi connectivity index (χ2n) is 11.6. The second kappa shape index (κ2) is 7.17. The minimum Gasteiger partial charge on any atom is -0.323 e. The highest BCUT2D eigenvalue weighted by atomic mass is 19.4. The molecule has 0 unspecified atom stereocenters. The molecular weight excluding hydrogens is 463 g/mol. The van der Waals surface area contributed by atoms with Gasteiger partial charge in [-0.15, -0.1) is 0 Å². The van der Waals surface area contributed by atoms with E-state index in [-0.39, 0.29) is 16.9 Å². The number of carbonyl (C=O) groups is 1. The molecule has 5 heterocycles. The van der Waals surface area contributed by atoms with Gasteiger partial charge in [-0.3, -0.25) is 10.00 Å². The third-order valence-electron chi connectivity index (χ3n) is 8.26. The highest BCUT2D eigenvalue weighted by Gasteiger charge is 2.58. The Kier molecular flexibility index (Phi) is 4.42. The van der Waals surface area contributed by atoms with Gasteiger partial charge in [-0.1, -0.05) is 0 Å². The third-order valence-corrected chi connectivity index (χ3v) is 8.26. The molecule has 0 atom stereocenters. The van der Waals surface area contributed by atoms with Gasteiger partial charge in [0, 0.05) is 68.5 Å². The molecule has 3 saturated heterocycles. The Morgan fingerprint density at radius 1 is 1.03 bits per heavy atom. The fraction of sp³-hybridized carbons (Fsp3) is 0.773. The van der Waals surface area contributed by atoms with E-state index in [9.17, 15) is 18.0 Å². The van der Waals surface area contributed by atoms with Crippen molar-refractivity contribution in [3.8, 4) is 0 Å². The van der Waals surface area contributed by atoms with Gasteiger partial charge >= 0.3 is 12.2 Å². The van der Waals surface area contributed by atoms with Gasteiger partial charge in [-0.2, -0.15) is 33.3 Å². The number of nitrogens with one attached hydrogen (secondary N) is 1. The third kappa shape index (κ3) is 3.87. The Hall–Kier alpha value is -2.70. The SMILES string of the molecule is O=C(N1CC2(CC(c3nc(C4CC4)n[nH]3)C2)C1)N1CC2(CN(Cc3cnn(CC(F)(F)F)n3)C2)C1. The van der Waals surface area contributed by atoms with Crippen molar-refractivity contribution < 1.29 is 18.0 Å².